The molecule has 1 aliphatic heterocycles. The predicted octanol–water partition coefficient (Wildman–Crippen LogP) is 5.06. The SMILES string of the molecule is COc1ccc(C(=O)CCC(=O)N2CCC(c3nc(C(=O)Nc4cc(C(C)(C)C)on4)cs3)CC2)cc1. The van der Waals surface area contributed by atoms with Gasteiger partial charge in [-0.3, -0.25) is 14.4 Å². The van der Waals surface area contributed by atoms with Crippen LogP contribution in [0.15, 0.2) is 40.2 Å². The van der Waals surface area contributed by atoms with E-state index >= 15 is 0 Å². The number of aromatic nitrogens is 2. The van der Waals surface area contributed by atoms with E-state index in [-0.39, 0.29) is 41.8 Å². The molecule has 3 heterocycles. The topological polar surface area (TPSA) is 115 Å². The van der Waals surface area contributed by atoms with E-state index in [4.69, 9.17) is 9.26 Å². The second-order valence-electron chi connectivity index (χ2n) is 10.2. The predicted molar refractivity (Wildman–Crippen MR) is 140 cm³/mol. The average Bonchev–Trinajstić information content (AvgIpc) is 3.57. The smallest absolute Gasteiger partial charge is 0.276 e. The van der Waals surface area contributed by atoms with Crippen LogP contribution in [0.1, 0.15) is 84.0 Å². The number of rotatable bonds is 8. The Morgan fingerprint density at radius 2 is 1.84 bits per heavy atom. The minimum atomic E-state index is -0.328. The molecule has 0 unspecified atom stereocenters. The highest BCUT2D eigenvalue weighted by Crippen LogP contribution is 2.31. The first-order valence-corrected chi connectivity index (χ1v) is 13.2. The number of nitrogens with zero attached hydrogens (tertiary/aromatic N) is 3. The Bertz CT molecular complexity index is 1250. The number of benzene rings is 1. The van der Waals surface area contributed by atoms with Gasteiger partial charge in [-0.1, -0.05) is 25.9 Å². The number of piperidine rings is 1. The summed E-state index contributed by atoms with van der Waals surface area (Å²) in [6.45, 7) is 7.23. The second-order valence-corrected chi connectivity index (χ2v) is 11.0. The normalized spacial score (nSPS) is 14.4. The Morgan fingerprint density at radius 1 is 1.14 bits per heavy atom. The van der Waals surface area contributed by atoms with E-state index in [9.17, 15) is 14.4 Å². The molecule has 1 aliphatic rings. The van der Waals surface area contributed by atoms with Gasteiger partial charge in [0.25, 0.3) is 5.91 Å². The molecule has 0 spiro atoms. The molecular weight excluding hydrogens is 492 g/mol. The van der Waals surface area contributed by atoms with Crippen molar-refractivity contribution < 1.29 is 23.6 Å². The Labute approximate surface area is 220 Å². The number of nitrogens with one attached hydrogen (secondary N) is 1. The summed E-state index contributed by atoms with van der Waals surface area (Å²) in [4.78, 5) is 44.1. The van der Waals surface area contributed by atoms with Crippen LogP contribution in [0.5, 0.6) is 5.75 Å². The molecule has 1 fully saturated rings. The third-order valence-corrected chi connectivity index (χ3v) is 7.43. The maximum absolute atomic E-state index is 12.7. The molecule has 196 valence electrons. The molecule has 4 rings (SSSR count). The van der Waals surface area contributed by atoms with Crippen molar-refractivity contribution in [2.75, 3.05) is 25.5 Å². The first-order valence-electron chi connectivity index (χ1n) is 12.3. The molecule has 37 heavy (non-hydrogen) atoms. The van der Waals surface area contributed by atoms with Crippen LogP contribution in [0.2, 0.25) is 0 Å². The Hall–Kier alpha value is -3.53. The fourth-order valence-corrected chi connectivity index (χ4v) is 5.09. The lowest BCUT2D eigenvalue weighted by molar-refractivity contribution is -0.132. The fourth-order valence-electron chi connectivity index (χ4n) is 4.12. The van der Waals surface area contributed by atoms with E-state index in [1.807, 2.05) is 25.7 Å². The van der Waals surface area contributed by atoms with E-state index < -0.39 is 0 Å². The Morgan fingerprint density at radius 3 is 2.46 bits per heavy atom. The Balaban J connectivity index is 1.24. The number of hydrogen-bond donors (Lipinski definition) is 1. The van der Waals surface area contributed by atoms with Crippen LogP contribution in [0.25, 0.3) is 0 Å². The summed E-state index contributed by atoms with van der Waals surface area (Å²) in [5.74, 6) is 1.53. The molecule has 10 heteroatoms. The lowest BCUT2D eigenvalue weighted by Gasteiger charge is -2.31. The molecule has 1 N–H and O–H groups in total. The zero-order valence-corrected chi connectivity index (χ0v) is 22.4. The maximum Gasteiger partial charge on any atom is 0.276 e. The number of amides is 2. The van der Waals surface area contributed by atoms with E-state index in [1.165, 1.54) is 11.3 Å². The van der Waals surface area contributed by atoms with Crippen molar-refractivity contribution in [3.8, 4) is 5.75 Å². The summed E-state index contributed by atoms with van der Waals surface area (Å²) in [5.41, 5.74) is 0.719. The number of ketones is 1. The van der Waals surface area contributed by atoms with Crippen LogP contribution < -0.4 is 10.1 Å². The average molecular weight is 525 g/mol. The van der Waals surface area contributed by atoms with E-state index in [1.54, 1.807) is 42.8 Å². The van der Waals surface area contributed by atoms with Crippen LogP contribution in [-0.2, 0) is 10.2 Å². The lowest BCUT2D eigenvalue weighted by Crippen LogP contribution is -2.38. The van der Waals surface area contributed by atoms with Crippen LogP contribution >= 0.6 is 11.3 Å². The van der Waals surface area contributed by atoms with Gasteiger partial charge >= 0.3 is 0 Å². The summed E-state index contributed by atoms with van der Waals surface area (Å²) < 4.78 is 10.4. The summed E-state index contributed by atoms with van der Waals surface area (Å²) in [7, 11) is 1.57. The van der Waals surface area contributed by atoms with Gasteiger partial charge in [0.2, 0.25) is 5.91 Å². The molecule has 0 atom stereocenters. The minimum Gasteiger partial charge on any atom is -0.497 e. The highest BCUT2D eigenvalue weighted by Gasteiger charge is 2.27. The van der Waals surface area contributed by atoms with Crippen molar-refractivity contribution >= 4 is 34.8 Å². The van der Waals surface area contributed by atoms with Crippen molar-refractivity contribution in [1.29, 1.82) is 0 Å². The van der Waals surface area contributed by atoms with Gasteiger partial charge in [-0.2, -0.15) is 0 Å². The summed E-state index contributed by atoms with van der Waals surface area (Å²) in [5, 5.41) is 9.31. The van der Waals surface area contributed by atoms with Gasteiger partial charge in [-0.25, -0.2) is 4.98 Å². The highest BCUT2D eigenvalue weighted by atomic mass is 32.1. The third-order valence-electron chi connectivity index (χ3n) is 6.42. The van der Waals surface area contributed by atoms with E-state index in [0.29, 0.717) is 41.7 Å². The first kappa shape index (κ1) is 26.5. The quantitative estimate of drug-likeness (QED) is 0.410. The standard InChI is InChI=1S/C27H32N4O5S/c1-27(2,3)22-15-23(30-36-22)29-25(34)20-16-37-26(28-20)18-11-13-31(14-12-18)24(33)10-9-21(32)17-5-7-19(35-4)8-6-17/h5-8,15-16,18H,9-14H2,1-4H3,(H,29,30,34). The molecule has 9 nitrogen and oxygen atoms in total. The van der Waals surface area contributed by atoms with Crippen molar-refractivity contribution in [2.45, 2.75) is 57.8 Å². The molecule has 0 radical (unpaired) electrons. The number of likely N-dealkylation sites (tertiary alicyclic amines) is 1. The number of carbonyl (C=O) groups is 3. The van der Waals surface area contributed by atoms with Gasteiger partial charge < -0.3 is 19.5 Å². The van der Waals surface area contributed by atoms with Gasteiger partial charge in [0.15, 0.2) is 11.6 Å². The van der Waals surface area contributed by atoms with Crippen molar-refractivity contribution in [1.82, 2.24) is 15.0 Å². The molecule has 2 amide bonds. The number of ether oxygens (including phenoxy) is 1. The number of anilines is 1. The summed E-state index contributed by atoms with van der Waals surface area (Å²) in [6.07, 6.45) is 1.91. The monoisotopic (exact) mass is 524 g/mol. The molecule has 3 aromatic rings. The molecule has 0 aliphatic carbocycles. The Kier molecular flexibility index (Phi) is 8.06. The van der Waals surface area contributed by atoms with Gasteiger partial charge in [-0.15, -0.1) is 11.3 Å². The molecule has 0 bridgehead atoms. The van der Waals surface area contributed by atoms with Crippen LogP contribution in [0.3, 0.4) is 0 Å². The second kappa shape index (κ2) is 11.2. The number of thiazole rings is 1. The number of Topliss-reactive ketones (excluding diaryl/α,β-unsaturated/α-hetero) is 1. The molecular formula is C27H32N4O5S. The first-order chi connectivity index (χ1) is 17.6. The molecule has 0 saturated carbocycles. The molecule has 1 aromatic carbocycles. The number of methoxy groups -OCH3 is 1. The van der Waals surface area contributed by atoms with Crippen LogP contribution in [-0.4, -0.2) is 52.8 Å². The van der Waals surface area contributed by atoms with E-state index in [0.717, 1.165) is 17.8 Å². The van der Waals surface area contributed by atoms with Crippen LogP contribution in [0.4, 0.5) is 5.82 Å². The zero-order chi connectivity index (χ0) is 26.6. The summed E-state index contributed by atoms with van der Waals surface area (Å²) in [6, 6.07) is 8.64. The lowest BCUT2D eigenvalue weighted by atomic mass is 9.93. The zero-order valence-electron chi connectivity index (χ0n) is 21.6. The van der Waals surface area contributed by atoms with Crippen molar-refractivity contribution in [2.24, 2.45) is 0 Å². The van der Waals surface area contributed by atoms with Gasteiger partial charge in [0.1, 0.15) is 17.2 Å². The van der Waals surface area contributed by atoms with Gasteiger partial charge in [-0.05, 0) is 37.1 Å². The largest absolute Gasteiger partial charge is 0.497 e. The minimum absolute atomic E-state index is 0.0123. The van der Waals surface area contributed by atoms with Gasteiger partial charge in [0, 0.05) is 54.3 Å². The van der Waals surface area contributed by atoms with Crippen LogP contribution in [0, 0.1) is 0 Å². The number of hydrogen-bond acceptors (Lipinski definition) is 8. The fraction of sp³-hybridized carbons (Fsp3) is 0.444. The van der Waals surface area contributed by atoms with Crippen molar-refractivity contribution in [3.63, 3.8) is 0 Å². The van der Waals surface area contributed by atoms with Gasteiger partial charge in [0.05, 0.1) is 12.1 Å². The molecule has 1 saturated heterocycles. The van der Waals surface area contributed by atoms with Crippen molar-refractivity contribution in [3.05, 3.63) is 57.7 Å². The molecule has 2 aromatic heterocycles. The van der Waals surface area contributed by atoms with E-state index in [2.05, 4.69) is 15.5 Å². The number of carbonyl (C=O) groups excluding carboxylic acids is 3. The highest BCUT2D eigenvalue weighted by molar-refractivity contribution is 7.10. The third kappa shape index (κ3) is 6.62. The summed E-state index contributed by atoms with van der Waals surface area (Å²) >= 11 is 1.46. The maximum atomic E-state index is 12.7.